The van der Waals surface area contributed by atoms with Crippen LogP contribution < -0.4 is 0 Å². The first-order valence-corrected chi connectivity index (χ1v) is 9.06. The van der Waals surface area contributed by atoms with Crippen molar-refractivity contribution in [1.82, 2.24) is 0 Å². The van der Waals surface area contributed by atoms with Crippen LogP contribution in [0, 0.1) is 5.92 Å². The summed E-state index contributed by atoms with van der Waals surface area (Å²) in [5.74, 6) is 0.762. The molecule has 0 bridgehead atoms. The number of rotatable bonds is 6. The van der Waals surface area contributed by atoms with Crippen molar-refractivity contribution in [2.45, 2.75) is 44.5 Å². The van der Waals surface area contributed by atoms with Crippen LogP contribution in [0.4, 0.5) is 0 Å². The molecule has 94 valence electrons. The summed E-state index contributed by atoms with van der Waals surface area (Å²) in [4.78, 5) is 0. The van der Waals surface area contributed by atoms with Crippen molar-refractivity contribution in [3.63, 3.8) is 0 Å². The van der Waals surface area contributed by atoms with E-state index in [-0.39, 0.29) is 20.9 Å². The summed E-state index contributed by atoms with van der Waals surface area (Å²) in [5.41, 5.74) is 1.45. The Kier molecular flexibility index (Phi) is 6.93. The summed E-state index contributed by atoms with van der Waals surface area (Å²) in [7, 11) is 0. The molecule has 1 unspecified atom stereocenters. The van der Waals surface area contributed by atoms with Crippen LogP contribution in [0.3, 0.4) is 0 Å². The molecule has 1 heteroatoms. The molecule has 17 heavy (non-hydrogen) atoms. The maximum absolute atomic E-state index is 2.49. The molecule has 0 saturated heterocycles. The van der Waals surface area contributed by atoms with Crippen molar-refractivity contribution >= 4 is 24.5 Å². The molecule has 0 N–H and O–H groups in total. The Hall–Kier alpha value is -0.250. The van der Waals surface area contributed by atoms with Gasteiger partial charge in [0.25, 0.3) is 0 Å². The van der Waals surface area contributed by atoms with Gasteiger partial charge in [0.1, 0.15) is 0 Å². The molecule has 0 nitrogen and oxygen atoms in total. The SMILES string of the molecule is CCC(C)[Te]/C(=C\CC(C)C)c1ccccc1. The van der Waals surface area contributed by atoms with Crippen molar-refractivity contribution < 1.29 is 0 Å². The second-order valence-corrected chi connectivity index (χ2v) is 9.13. The van der Waals surface area contributed by atoms with E-state index in [0.717, 1.165) is 9.88 Å². The molecule has 0 aliphatic heterocycles. The van der Waals surface area contributed by atoms with Gasteiger partial charge >= 0.3 is 117 Å². The van der Waals surface area contributed by atoms with E-state index in [2.05, 4.69) is 64.1 Å². The average molecular weight is 344 g/mol. The topological polar surface area (TPSA) is 0 Å². The van der Waals surface area contributed by atoms with Crippen molar-refractivity contribution in [1.29, 1.82) is 0 Å². The van der Waals surface area contributed by atoms with Gasteiger partial charge in [-0.1, -0.05) is 0 Å². The molecule has 0 aromatic heterocycles. The van der Waals surface area contributed by atoms with Gasteiger partial charge in [0.15, 0.2) is 0 Å². The second kappa shape index (κ2) is 7.96. The number of allylic oxidation sites excluding steroid dienone is 1. The summed E-state index contributed by atoms with van der Waals surface area (Å²) in [6.07, 6.45) is 5.02. The van der Waals surface area contributed by atoms with Gasteiger partial charge in [-0.2, -0.15) is 0 Å². The van der Waals surface area contributed by atoms with E-state index in [0.29, 0.717) is 0 Å². The van der Waals surface area contributed by atoms with E-state index in [1.807, 2.05) is 0 Å². The molecule has 0 fully saturated rings. The monoisotopic (exact) mass is 346 g/mol. The van der Waals surface area contributed by atoms with Crippen LogP contribution in [0.1, 0.15) is 46.1 Å². The van der Waals surface area contributed by atoms with Crippen LogP contribution in [0.15, 0.2) is 36.4 Å². The molecular formula is C16H24Te. The maximum atomic E-state index is 2.49. The minimum absolute atomic E-state index is 0.0452. The predicted molar refractivity (Wildman–Crippen MR) is 79.3 cm³/mol. The predicted octanol–water partition coefficient (Wildman–Crippen LogP) is 5.00. The molecule has 1 aromatic rings. The summed E-state index contributed by atoms with van der Waals surface area (Å²) in [6, 6.07) is 10.9. The fourth-order valence-corrected chi connectivity index (χ4v) is 4.52. The van der Waals surface area contributed by atoms with Gasteiger partial charge in [-0.25, -0.2) is 0 Å². The van der Waals surface area contributed by atoms with Gasteiger partial charge in [0.2, 0.25) is 0 Å². The fourth-order valence-electron chi connectivity index (χ4n) is 1.48. The first-order valence-electron chi connectivity index (χ1n) is 6.55. The number of benzene rings is 1. The Balaban J connectivity index is 2.83. The van der Waals surface area contributed by atoms with Crippen molar-refractivity contribution in [3.8, 4) is 0 Å². The molecule has 0 aliphatic rings. The van der Waals surface area contributed by atoms with E-state index >= 15 is 0 Å². The van der Waals surface area contributed by atoms with Gasteiger partial charge in [-0.15, -0.1) is 0 Å². The van der Waals surface area contributed by atoms with Gasteiger partial charge in [-0.3, -0.25) is 0 Å². The Morgan fingerprint density at radius 3 is 2.35 bits per heavy atom. The minimum atomic E-state index is -0.0452. The first-order chi connectivity index (χ1) is 8.13. The number of hydrogen-bond acceptors (Lipinski definition) is 0. The summed E-state index contributed by atoms with van der Waals surface area (Å²) < 4.78 is 2.55. The summed E-state index contributed by atoms with van der Waals surface area (Å²) >= 11 is -0.0452. The zero-order valence-corrected chi connectivity index (χ0v) is 13.8. The molecule has 1 rings (SSSR count). The Morgan fingerprint density at radius 1 is 1.18 bits per heavy atom. The Labute approximate surface area is 117 Å². The van der Waals surface area contributed by atoms with Gasteiger partial charge in [0.05, 0.1) is 0 Å². The van der Waals surface area contributed by atoms with E-state index in [9.17, 15) is 0 Å². The van der Waals surface area contributed by atoms with E-state index in [4.69, 9.17) is 0 Å². The second-order valence-electron chi connectivity index (χ2n) is 4.90. The molecular weight excluding hydrogens is 320 g/mol. The standard InChI is InChI=1S/C16H24Te/c1-5-14(4)17-16(12-11-13(2)3)15-9-7-6-8-10-15/h6-10,12-14H,5,11H2,1-4H3/b16-12-. The Morgan fingerprint density at radius 2 is 1.82 bits per heavy atom. The van der Waals surface area contributed by atoms with Crippen molar-refractivity contribution in [3.05, 3.63) is 42.0 Å². The molecule has 0 spiro atoms. The van der Waals surface area contributed by atoms with Crippen LogP contribution in [0.2, 0.25) is 3.97 Å². The van der Waals surface area contributed by atoms with Crippen molar-refractivity contribution in [2.75, 3.05) is 0 Å². The van der Waals surface area contributed by atoms with E-state index in [1.165, 1.54) is 18.4 Å². The van der Waals surface area contributed by atoms with E-state index in [1.54, 1.807) is 3.62 Å². The van der Waals surface area contributed by atoms with Crippen LogP contribution >= 0.6 is 0 Å². The quantitative estimate of drug-likeness (QED) is 0.638. The third-order valence-corrected chi connectivity index (χ3v) is 6.71. The van der Waals surface area contributed by atoms with E-state index < -0.39 is 0 Å². The van der Waals surface area contributed by atoms with Crippen LogP contribution in [0.25, 0.3) is 3.62 Å². The first kappa shape index (κ1) is 14.8. The zero-order chi connectivity index (χ0) is 12.7. The van der Waals surface area contributed by atoms with Gasteiger partial charge in [0, 0.05) is 0 Å². The molecule has 1 aromatic carbocycles. The fraction of sp³-hybridized carbons (Fsp3) is 0.500. The molecule has 0 amide bonds. The normalized spacial score (nSPS) is 14.1. The third kappa shape index (κ3) is 5.75. The van der Waals surface area contributed by atoms with Crippen LogP contribution in [-0.2, 0) is 0 Å². The molecule has 0 radical (unpaired) electrons. The molecule has 0 heterocycles. The molecule has 1 atom stereocenters. The van der Waals surface area contributed by atoms with Crippen LogP contribution in [-0.4, -0.2) is 20.9 Å². The molecule has 0 saturated carbocycles. The van der Waals surface area contributed by atoms with Crippen molar-refractivity contribution in [2.24, 2.45) is 5.92 Å². The summed E-state index contributed by atoms with van der Waals surface area (Å²) in [6.45, 7) is 9.29. The zero-order valence-electron chi connectivity index (χ0n) is 11.4. The average Bonchev–Trinajstić information content (AvgIpc) is 2.35. The molecule has 0 aliphatic carbocycles. The van der Waals surface area contributed by atoms with Gasteiger partial charge in [-0.05, 0) is 0 Å². The number of hydrogen-bond donors (Lipinski definition) is 0. The van der Waals surface area contributed by atoms with Gasteiger partial charge < -0.3 is 0 Å². The van der Waals surface area contributed by atoms with Crippen LogP contribution in [0.5, 0.6) is 0 Å². The Bertz CT molecular complexity index is 338. The summed E-state index contributed by atoms with van der Waals surface area (Å²) in [5, 5.41) is 0. The third-order valence-electron chi connectivity index (χ3n) is 2.74.